The van der Waals surface area contributed by atoms with Crippen molar-refractivity contribution in [3.63, 3.8) is 0 Å². The van der Waals surface area contributed by atoms with Crippen LogP contribution in [0.25, 0.3) is 0 Å². The van der Waals surface area contributed by atoms with Crippen LogP contribution in [0.3, 0.4) is 0 Å². The van der Waals surface area contributed by atoms with Crippen molar-refractivity contribution in [3.05, 3.63) is 18.0 Å². The van der Waals surface area contributed by atoms with E-state index < -0.39 is 0 Å². The number of anilines is 1. The molecular weight excluding hydrogens is 228 g/mol. The Hall–Kier alpha value is -1.85. The summed E-state index contributed by atoms with van der Waals surface area (Å²) >= 11 is 0. The van der Waals surface area contributed by atoms with Crippen LogP contribution in [-0.2, 0) is 6.54 Å². The minimum absolute atomic E-state index is 0.478. The number of nitrogens with zero attached hydrogens (tertiary/aromatic N) is 5. The highest BCUT2D eigenvalue weighted by Gasteiger charge is 2.03. The van der Waals surface area contributed by atoms with E-state index in [2.05, 4.69) is 28.8 Å². The highest BCUT2D eigenvalue weighted by atomic mass is 15.2. The summed E-state index contributed by atoms with van der Waals surface area (Å²) in [5.41, 5.74) is 6.77. The maximum atomic E-state index is 5.91. The molecule has 0 saturated carbocycles. The molecule has 0 unspecified atom stereocenters. The molecule has 18 heavy (non-hydrogen) atoms. The smallest absolute Gasteiger partial charge is 0.225 e. The quantitative estimate of drug-likeness (QED) is 0.615. The normalized spacial score (nSPS) is 11.4. The monoisotopic (exact) mass is 250 g/mol. The average molecular weight is 250 g/mol. The second-order valence-corrected chi connectivity index (χ2v) is 4.09. The fourth-order valence-electron chi connectivity index (χ4n) is 1.50. The summed E-state index contributed by atoms with van der Waals surface area (Å²) in [6.45, 7) is 6.31. The standard InChI is InChI=1S/C12H22N6/c1-5-18(6-2)11(13)15-9-10-7-8-14-12(16-10)17(3)4/h7-8H,5-6,9H2,1-4H3,(H2,13,15). The molecule has 1 heterocycles. The number of rotatable bonds is 5. The van der Waals surface area contributed by atoms with Crippen LogP contribution >= 0.6 is 0 Å². The van der Waals surface area contributed by atoms with Crippen molar-refractivity contribution in [3.8, 4) is 0 Å². The van der Waals surface area contributed by atoms with Gasteiger partial charge in [-0.2, -0.15) is 0 Å². The van der Waals surface area contributed by atoms with E-state index >= 15 is 0 Å². The molecule has 6 nitrogen and oxygen atoms in total. The fourth-order valence-corrected chi connectivity index (χ4v) is 1.50. The van der Waals surface area contributed by atoms with E-state index in [0.717, 1.165) is 18.8 Å². The van der Waals surface area contributed by atoms with Crippen molar-refractivity contribution < 1.29 is 0 Å². The van der Waals surface area contributed by atoms with Crippen LogP contribution in [0.1, 0.15) is 19.5 Å². The highest BCUT2D eigenvalue weighted by molar-refractivity contribution is 5.77. The molecule has 2 N–H and O–H groups in total. The molecule has 0 aliphatic carbocycles. The second-order valence-electron chi connectivity index (χ2n) is 4.09. The number of guanidine groups is 1. The average Bonchev–Trinajstić information content (AvgIpc) is 2.38. The van der Waals surface area contributed by atoms with E-state index in [4.69, 9.17) is 5.73 Å². The van der Waals surface area contributed by atoms with Gasteiger partial charge in [0.1, 0.15) is 0 Å². The molecule has 0 aliphatic heterocycles. The van der Waals surface area contributed by atoms with Gasteiger partial charge in [-0.15, -0.1) is 0 Å². The first kappa shape index (κ1) is 14.2. The third-order valence-corrected chi connectivity index (χ3v) is 2.59. The van der Waals surface area contributed by atoms with Gasteiger partial charge >= 0.3 is 0 Å². The third-order valence-electron chi connectivity index (χ3n) is 2.59. The number of hydrogen-bond acceptors (Lipinski definition) is 4. The Labute approximate surface area is 109 Å². The van der Waals surface area contributed by atoms with Gasteiger partial charge < -0.3 is 15.5 Å². The lowest BCUT2D eigenvalue weighted by molar-refractivity contribution is 0.458. The Morgan fingerprint density at radius 2 is 2.00 bits per heavy atom. The van der Waals surface area contributed by atoms with E-state index in [-0.39, 0.29) is 0 Å². The zero-order valence-electron chi connectivity index (χ0n) is 11.6. The van der Waals surface area contributed by atoms with Gasteiger partial charge in [-0.3, -0.25) is 0 Å². The van der Waals surface area contributed by atoms with Gasteiger partial charge in [-0.25, -0.2) is 15.0 Å². The molecule has 0 aromatic carbocycles. The lowest BCUT2D eigenvalue weighted by Crippen LogP contribution is -2.37. The molecular formula is C12H22N6. The van der Waals surface area contributed by atoms with Crippen molar-refractivity contribution >= 4 is 11.9 Å². The minimum atomic E-state index is 0.478. The van der Waals surface area contributed by atoms with Crippen molar-refractivity contribution in [1.29, 1.82) is 0 Å². The molecule has 6 heteroatoms. The van der Waals surface area contributed by atoms with Crippen LogP contribution in [0.2, 0.25) is 0 Å². The third kappa shape index (κ3) is 3.87. The summed E-state index contributed by atoms with van der Waals surface area (Å²) in [6, 6.07) is 1.85. The van der Waals surface area contributed by atoms with E-state index in [1.165, 1.54) is 0 Å². The van der Waals surface area contributed by atoms with Crippen LogP contribution in [0.15, 0.2) is 17.3 Å². The molecule has 0 aliphatic rings. The van der Waals surface area contributed by atoms with Gasteiger partial charge in [0.05, 0.1) is 12.2 Å². The Balaban J connectivity index is 2.73. The Bertz CT molecular complexity index is 397. The first-order valence-electron chi connectivity index (χ1n) is 6.12. The van der Waals surface area contributed by atoms with Crippen LogP contribution in [-0.4, -0.2) is 48.0 Å². The summed E-state index contributed by atoms with van der Waals surface area (Å²) in [6.07, 6.45) is 1.74. The van der Waals surface area contributed by atoms with Crippen LogP contribution in [0.4, 0.5) is 5.95 Å². The molecule has 1 rings (SSSR count). The van der Waals surface area contributed by atoms with E-state index in [0.29, 0.717) is 18.5 Å². The SMILES string of the molecule is CCN(CC)C(N)=NCc1ccnc(N(C)C)n1. The molecule has 0 bridgehead atoms. The van der Waals surface area contributed by atoms with Crippen molar-refractivity contribution in [2.75, 3.05) is 32.1 Å². The van der Waals surface area contributed by atoms with Crippen molar-refractivity contribution in [2.45, 2.75) is 20.4 Å². The predicted molar refractivity (Wildman–Crippen MR) is 74.6 cm³/mol. The number of nitrogens with two attached hydrogens (primary N) is 1. The van der Waals surface area contributed by atoms with E-state index in [1.54, 1.807) is 6.20 Å². The number of aromatic nitrogens is 2. The molecule has 1 aromatic rings. The first-order chi connectivity index (χ1) is 8.58. The molecule has 0 amide bonds. The number of aliphatic imine (C=N–C) groups is 1. The molecule has 100 valence electrons. The lowest BCUT2D eigenvalue weighted by atomic mass is 10.4. The zero-order valence-corrected chi connectivity index (χ0v) is 11.6. The van der Waals surface area contributed by atoms with E-state index in [9.17, 15) is 0 Å². The van der Waals surface area contributed by atoms with E-state index in [1.807, 2.05) is 30.0 Å². The maximum absolute atomic E-state index is 5.91. The molecule has 0 radical (unpaired) electrons. The maximum Gasteiger partial charge on any atom is 0.225 e. The van der Waals surface area contributed by atoms with Gasteiger partial charge in [0.2, 0.25) is 5.95 Å². The molecule has 0 saturated heterocycles. The zero-order chi connectivity index (χ0) is 13.5. The number of hydrogen-bond donors (Lipinski definition) is 1. The summed E-state index contributed by atoms with van der Waals surface area (Å²) in [5.74, 6) is 1.24. The van der Waals surface area contributed by atoms with Gasteiger partial charge in [0.25, 0.3) is 0 Å². The molecule has 0 atom stereocenters. The highest BCUT2D eigenvalue weighted by Crippen LogP contribution is 2.04. The minimum Gasteiger partial charge on any atom is -0.370 e. The lowest BCUT2D eigenvalue weighted by Gasteiger charge is -2.19. The Morgan fingerprint density at radius 3 is 2.56 bits per heavy atom. The van der Waals surface area contributed by atoms with Crippen LogP contribution < -0.4 is 10.6 Å². The van der Waals surface area contributed by atoms with Gasteiger partial charge in [-0.05, 0) is 19.9 Å². The summed E-state index contributed by atoms with van der Waals surface area (Å²) < 4.78 is 0. The topological polar surface area (TPSA) is 70.6 Å². The molecule has 0 fully saturated rings. The predicted octanol–water partition coefficient (Wildman–Crippen LogP) is 0.699. The van der Waals surface area contributed by atoms with Gasteiger partial charge in [0.15, 0.2) is 5.96 Å². The Morgan fingerprint density at radius 1 is 1.33 bits per heavy atom. The molecule has 0 spiro atoms. The van der Waals surface area contributed by atoms with Crippen LogP contribution in [0.5, 0.6) is 0 Å². The molecule has 1 aromatic heterocycles. The second kappa shape index (κ2) is 6.78. The summed E-state index contributed by atoms with van der Waals surface area (Å²) in [5, 5.41) is 0. The Kier molecular flexibility index (Phi) is 5.35. The van der Waals surface area contributed by atoms with Gasteiger partial charge in [0, 0.05) is 33.4 Å². The largest absolute Gasteiger partial charge is 0.370 e. The van der Waals surface area contributed by atoms with Gasteiger partial charge in [-0.1, -0.05) is 0 Å². The summed E-state index contributed by atoms with van der Waals surface area (Å²) in [7, 11) is 3.82. The first-order valence-corrected chi connectivity index (χ1v) is 6.12. The fraction of sp³-hybridized carbons (Fsp3) is 0.583. The van der Waals surface area contributed by atoms with Crippen molar-refractivity contribution in [1.82, 2.24) is 14.9 Å². The summed E-state index contributed by atoms with van der Waals surface area (Å²) in [4.78, 5) is 16.8. The van der Waals surface area contributed by atoms with Crippen molar-refractivity contribution in [2.24, 2.45) is 10.7 Å². The van der Waals surface area contributed by atoms with Crippen LogP contribution in [0, 0.1) is 0 Å².